The lowest BCUT2D eigenvalue weighted by Crippen LogP contribution is -2.30. The van der Waals surface area contributed by atoms with E-state index in [1.54, 1.807) is 31.2 Å². The SMILES string of the molecule is Cc1cc(COC(=O)CNC(=O)c2ccc3c(c2)OCO3)no1. The monoisotopic (exact) mass is 318 g/mol. The molecule has 1 amide bonds. The van der Waals surface area contributed by atoms with Crippen LogP contribution in [0, 0.1) is 6.92 Å². The number of hydrogen-bond acceptors (Lipinski definition) is 7. The van der Waals surface area contributed by atoms with Crippen LogP contribution in [-0.2, 0) is 16.1 Å². The molecule has 1 aromatic heterocycles. The number of carbonyl (C=O) groups excluding carboxylic acids is 2. The van der Waals surface area contributed by atoms with E-state index in [1.165, 1.54) is 0 Å². The van der Waals surface area contributed by atoms with Gasteiger partial charge in [-0.1, -0.05) is 5.16 Å². The topological polar surface area (TPSA) is 99.9 Å². The van der Waals surface area contributed by atoms with Crippen molar-refractivity contribution < 1.29 is 28.3 Å². The normalized spacial score (nSPS) is 12.0. The highest BCUT2D eigenvalue weighted by molar-refractivity contribution is 5.96. The molecule has 0 atom stereocenters. The van der Waals surface area contributed by atoms with Gasteiger partial charge >= 0.3 is 5.97 Å². The van der Waals surface area contributed by atoms with Gasteiger partial charge in [-0.3, -0.25) is 9.59 Å². The number of benzene rings is 1. The number of nitrogens with zero attached hydrogens (tertiary/aromatic N) is 1. The van der Waals surface area contributed by atoms with Crippen molar-refractivity contribution in [2.75, 3.05) is 13.3 Å². The summed E-state index contributed by atoms with van der Waals surface area (Å²) in [6.07, 6.45) is 0. The Morgan fingerprint density at radius 2 is 2.09 bits per heavy atom. The fraction of sp³-hybridized carbons (Fsp3) is 0.267. The molecule has 120 valence electrons. The summed E-state index contributed by atoms with van der Waals surface area (Å²) in [5.74, 6) is 0.745. The van der Waals surface area contributed by atoms with Crippen LogP contribution in [-0.4, -0.2) is 30.4 Å². The zero-order chi connectivity index (χ0) is 16.2. The van der Waals surface area contributed by atoms with Crippen molar-refractivity contribution in [1.29, 1.82) is 0 Å². The summed E-state index contributed by atoms with van der Waals surface area (Å²) in [7, 11) is 0. The highest BCUT2D eigenvalue weighted by Gasteiger charge is 2.16. The molecule has 1 aliphatic rings. The standard InChI is InChI=1S/C15H14N2O6/c1-9-4-11(17-23-9)7-20-14(18)6-16-15(19)10-2-3-12-13(5-10)22-8-21-12/h2-5H,6-8H2,1H3,(H,16,19). The minimum Gasteiger partial charge on any atom is -0.458 e. The van der Waals surface area contributed by atoms with Crippen LogP contribution in [0.25, 0.3) is 0 Å². The van der Waals surface area contributed by atoms with E-state index >= 15 is 0 Å². The number of carbonyl (C=O) groups is 2. The smallest absolute Gasteiger partial charge is 0.325 e. The Balaban J connectivity index is 1.47. The van der Waals surface area contributed by atoms with Crippen molar-refractivity contribution in [3.05, 3.63) is 41.3 Å². The average Bonchev–Trinajstić information content (AvgIpc) is 3.18. The second-order valence-corrected chi connectivity index (χ2v) is 4.84. The first kappa shape index (κ1) is 14.9. The number of nitrogens with one attached hydrogen (secondary N) is 1. The van der Waals surface area contributed by atoms with Gasteiger partial charge in [0, 0.05) is 11.6 Å². The second kappa shape index (κ2) is 6.39. The van der Waals surface area contributed by atoms with Crippen molar-refractivity contribution in [1.82, 2.24) is 10.5 Å². The molecule has 3 rings (SSSR count). The number of amides is 1. The zero-order valence-electron chi connectivity index (χ0n) is 12.3. The third kappa shape index (κ3) is 3.60. The summed E-state index contributed by atoms with van der Waals surface area (Å²) in [6, 6.07) is 6.45. The number of esters is 1. The van der Waals surface area contributed by atoms with Gasteiger partial charge in [0.05, 0.1) is 0 Å². The van der Waals surface area contributed by atoms with Gasteiger partial charge in [-0.25, -0.2) is 0 Å². The molecule has 0 saturated heterocycles. The maximum absolute atomic E-state index is 12.0. The molecule has 1 N–H and O–H groups in total. The molecule has 1 aliphatic heterocycles. The molecular weight excluding hydrogens is 304 g/mol. The maximum atomic E-state index is 12.0. The summed E-state index contributed by atoms with van der Waals surface area (Å²) in [5.41, 5.74) is 0.882. The first-order chi connectivity index (χ1) is 11.1. The number of aromatic nitrogens is 1. The summed E-state index contributed by atoms with van der Waals surface area (Å²) in [5, 5.41) is 6.18. The van der Waals surface area contributed by atoms with E-state index in [0.717, 1.165) is 0 Å². The molecule has 2 heterocycles. The predicted molar refractivity (Wildman–Crippen MR) is 75.9 cm³/mol. The van der Waals surface area contributed by atoms with Crippen LogP contribution >= 0.6 is 0 Å². The van der Waals surface area contributed by atoms with Crippen molar-refractivity contribution in [3.8, 4) is 11.5 Å². The summed E-state index contributed by atoms with van der Waals surface area (Å²) in [4.78, 5) is 23.6. The van der Waals surface area contributed by atoms with Crippen LogP contribution in [0.1, 0.15) is 21.8 Å². The van der Waals surface area contributed by atoms with Crippen LogP contribution in [0.2, 0.25) is 0 Å². The van der Waals surface area contributed by atoms with Crippen LogP contribution in [0.5, 0.6) is 11.5 Å². The first-order valence-corrected chi connectivity index (χ1v) is 6.87. The molecule has 0 saturated carbocycles. The molecule has 0 bridgehead atoms. The van der Waals surface area contributed by atoms with Gasteiger partial charge in [0.15, 0.2) is 11.5 Å². The maximum Gasteiger partial charge on any atom is 0.325 e. The van der Waals surface area contributed by atoms with Crippen LogP contribution < -0.4 is 14.8 Å². The quantitative estimate of drug-likeness (QED) is 0.826. The molecule has 0 spiro atoms. The van der Waals surface area contributed by atoms with Gasteiger partial charge in [0.1, 0.15) is 24.6 Å². The van der Waals surface area contributed by atoms with Gasteiger partial charge < -0.3 is 24.1 Å². The highest BCUT2D eigenvalue weighted by atomic mass is 16.7. The lowest BCUT2D eigenvalue weighted by molar-refractivity contribution is -0.143. The molecule has 2 aromatic rings. The predicted octanol–water partition coefficient (Wildman–Crippen LogP) is 1.18. The Labute approximate surface area is 131 Å². The average molecular weight is 318 g/mol. The molecule has 0 aliphatic carbocycles. The van der Waals surface area contributed by atoms with E-state index in [1.807, 2.05) is 0 Å². The Hall–Kier alpha value is -3.03. The highest BCUT2D eigenvalue weighted by Crippen LogP contribution is 2.32. The molecule has 8 heteroatoms. The van der Waals surface area contributed by atoms with Crippen molar-refractivity contribution in [2.24, 2.45) is 0 Å². The molecule has 0 unspecified atom stereocenters. The third-order valence-electron chi connectivity index (χ3n) is 3.09. The molecule has 0 fully saturated rings. The van der Waals surface area contributed by atoms with Gasteiger partial charge in [0.25, 0.3) is 5.91 Å². The molecule has 8 nitrogen and oxygen atoms in total. The Morgan fingerprint density at radius 3 is 2.87 bits per heavy atom. The molecule has 0 radical (unpaired) electrons. The van der Waals surface area contributed by atoms with Gasteiger partial charge in [-0.15, -0.1) is 0 Å². The van der Waals surface area contributed by atoms with E-state index in [4.69, 9.17) is 18.7 Å². The summed E-state index contributed by atoms with van der Waals surface area (Å²) in [6.45, 7) is 1.62. The van der Waals surface area contributed by atoms with E-state index in [-0.39, 0.29) is 19.9 Å². The minimum absolute atomic E-state index is 0.00390. The van der Waals surface area contributed by atoms with Crippen molar-refractivity contribution in [3.63, 3.8) is 0 Å². The number of hydrogen-bond donors (Lipinski definition) is 1. The molecule has 23 heavy (non-hydrogen) atoms. The van der Waals surface area contributed by atoms with Gasteiger partial charge in [0.2, 0.25) is 6.79 Å². The Bertz CT molecular complexity index is 739. The number of ether oxygens (including phenoxy) is 3. The first-order valence-electron chi connectivity index (χ1n) is 6.87. The third-order valence-corrected chi connectivity index (χ3v) is 3.09. The van der Waals surface area contributed by atoms with E-state index in [0.29, 0.717) is 28.5 Å². The fourth-order valence-corrected chi connectivity index (χ4v) is 1.98. The summed E-state index contributed by atoms with van der Waals surface area (Å²) >= 11 is 0. The van der Waals surface area contributed by atoms with Crippen LogP contribution in [0.4, 0.5) is 0 Å². The minimum atomic E-state index is -0.570. The van der Waals surface area contributed by atoms with E-state index in [2.05, 4.69) is 10.5 Å². The number of fused-ring (bicyclic) bond motifs is 1. The summed E-state index contributed by atoms with van der Waals surface area (Å²) < 4.78 is 20.2. The Morgan fingerprint density at radius 1 is 1.26 bits per heavy atom. The lowest BCUT2D eigenvalue weighted by Gasteiger charge is -2.06. The van der Waals surface area contributed by atoms with Gasteiger partial charge in [-0.05, 0) is 25.1 Å². The van der Waals surface area contributed by atoms with Crippen LogP contribution in [0.3, 0.4) is 0 Å². The second-order valence-electron chi connectivity index (χ2n) is 4.84. The molecular formula is C15H14N2O6. The number of rotatable bonds is 5. The number of aryl methyl sites for hydroxylation is 1. The van der Waals surface area contributed by atoms with E-state index < -0.39 is 11.9 Å². The lowest BCUT2D eigenvalue weighted by atomic mass is 10.2. The van der Waals surface area contributed by atoms with E-state index in [9.17, 15) is 9.59 Å². The molecule has 1 aromatic carbocycles. The van der Waals surface area contributed by atoms with Gasteiger partial charge in [-0.2, -0.15) is 0 Å². The zero-order valence-corrected chi connectivity index (χ0v) is 12.3. The van der Waals surface area contributed by atoms with Crippen molar-refractivity contribution >= 4 is 11.9 Å². The fourth-order valence-electron chi connectivity index (χ4n) is 1.98. The largest absolute Gasteiger partial charge is 0.458 e. The Kier molecular flexibility index (Phi) is 4.13. The van der Waals surface area contributed by atoms with Crippen molar-refractivity contribution in [2.45, 2.75) is 13.5 Å². The van der Waals surface area contributed by atoms with Crippen LogP contribution in [0.15, 0.2) is 28.8 Å².